The lowest BCUT2D eigenvalue weighted by Gasteiger charge is -2.22. The number of amides is 1. The second-order valence-corrected chi connectivity index (χ2v) is 6.53. The molecular weight excluding hydrogens is 298 g/mol. The van der Waals surface area contributed by atoms with E-state index in [4.69, 9.17) is 14.2 Å². The van der Waals surface area contributed by atoms with E-state index in [9.17, 15) is 9.59 Å². The summed E-state index contributed by atoms with van der Waals surface area (Å²) < 4.78 is 16.4. The Hall–Kier alpha value is -1.40. The largest absolute Gasteiger partial charge is 0.465 e. The van der Waals surface area contributed by atoms with Crippen LogP contribution in [0.1, 0.15) is 26.2 Å². The maximum Gasteiger partial charge on any atom is 0.312 e. The highest BCUT2D eigenvalue weighted by Gasteiger charge is 2.67. The Balaban J connectivity index is 1.69. The predicted molar refractivity (Wildman–Crippen MR) is 82.7 cm³/mol. The number of carbonyl (C=O) groups is 2. The van der Waals surface area contributed by atoms with Crippen molar-refractivity contribution in [2.24, 2.45) is 11.8 Å². The van der Waals surface area contributed by atoms with E-state index in [0.29, 0.717) is 26.3 Å². The first-order valence-corrected chi connectivity index (χ1v) is 8.44. The fourth-order valence-corrected chi connectivity index (χ4v) is 3.85. The molecule has 3 aliphatic heterocycles. The van der Waals surface area contributed by atoms with Crippen LogP contribution >= 0.6 is 0 Å². The molecule has 3 rings (SSSR count). The molecule has 1 unspecified atom stereocenters. The van der Waals surface area contributed by atoms with E-state index in [2.05, 4.69) is 0 Å². The number of methoxy groups -OCH3 is 1. The van der Waals surface area contributed by atoms with Crippen LogP contribution in [-0.4, -0.2) is 61.9 Å². The van der Waals surface area contributed by atoms with Crippen molar-refractivity contribution < 1.29 is 23.8 Å². The lowest BCUT2D eigenvalue weighted by atomic mass is 9.77. The number of hydrogen-bond acceptors (Lipinski definition) is 5. The van der Waals surface area contributed by atoms with Gasteiger partial charge in [-0.2, -0.15) is 0 Å². The Bertz CT molecular complexity index is 505. The first-order chi connectivity index (χ1) is 11.1. The molecule has 2 bridgehead atoms. The summed E-state index contributed by atoms with van der Waals surface area (Å²) in [6.07, 6.45) is 6.15. The second-order valence-electron chi connectivity index (χ2n) is 6.53. The molecule has 3 aliphatic rings. The number of carbonyl (C=O) groups excluding carboxylic acids is 2. The van der Waals surface area contributed by atoms with Crippen LogP contribution in [0.25, 0.3) is 0 Å². The van der Waals surface area contributed by atoms with Gasteiger partial charge in [0, 0.05) is 20.3 Å². The monoisotopic (exact) mass is 323 g/mol. The minimum Gasteiger partial charge on any atom is -0.465 e. The summed E-state index contributed by atoms with van der Waals surface area (Å²) in [5.41, 5.74) is -0.636. The van der Waals surface area contributed by atoms with E-state index < -0.39 is 17.4 Å². The molecule has 2 saturated heterocycles. The van der Waals surface area contributed by atoms with Crippen molar-refractivity contribution in [3.05, 3.63) is 12.2 Å². The van der Waals surface area contributed by atoms with Gasteiger partial charge in [0.1, 0.15) is 11.5 Å². The van der Waals surface area contributed by atoms with Crippen molar-refractivity contribution in [3.63, 3.8) is 0 Å². The van der Waals surface area contributed by atoms with Crippen molar-refractivity contribution in [3.8, 4) is 0 Å². The minimum absolute atomic E-state index is 0.00499. The zero-order chi connectivity index (χ0) is 16.4. The van der Waals surface area contributed by atoms with Gasteiger partial charge in [-0.3, -0.25) is 9.59 Å². The van der Waals surface area contributed by atoms with Crippen LogP contribution in [0.2, 0.25) is 0 Å². The van der Waals surface area contributed by atoms with Gasteiger partial charge in [0.15, 0.2) is 0 Å². The maximum absolute atomic E-state index is 12.8. The predicted octanol–water partition coefficient (Wildman–Crippen LogP) is 1.15. The Morgan fingerprint density at radius 1 is 1.43 bits per heavy atom. The first-order valence-electron chi connectivity index (χ1n) is 8.44. The summed E-state index contributed by atoms with van der Waals surface area (Å²) in [7, 11) is 1.65. The molecule has 6 heteroatoms. The third-order valence-electron chi connectivity index (χ3n) is 4.97. The number of unbranched alkanes of at least 4 members (excludes halogenated alkanes) is 1. The van der Waals surface area contributed by atoms with Gasteiger partial charge < -0.3 is 19.1 Å². The maximum atomic E-state index is 12.8. The van der Waals surface area contributed by atoms with Gasteiger partial charge in [0.25, 0.3) is 0 Å². The standard InChI is InChI=1S/C17H25NO5/c1-3-4-10-22-16(20)13-12-6-7-17(23-12)11-18(8-5-9-21-2)15(19)14(13)17/h6-7,12-14H,3-5,8-11H2,1-2H3/t12-,13?,14+,17-/m1/s1. The number of nitrogens with zero attached hydrogens (tertiary/aromatic N) is 1. The highest BCUT2D eigenvalue weighted by Crippen LogP contribution is 2.52. The number of likely N-dealkylation sites (tertiary alicyclic amines) is 1. The van der Waals surface area contributed by atoms with E-state index in [1.54, 1.807) is 12.0 Å². The normalized spacial score (nSPS) is 34.3. The molecule has 3 heterocycles. The third-order valence-corrected chi connectivity index (χ3v) is 4.97. The van der Waals surface area contributed by atoms with Crippen LogP contribution in [0.4, 0.5) is 0 Å². The van der Waals surface area contributed by atoms with Gasteiger partial charge in [-0.25, -0.2) is 0 Å². The third kappa shape index (κ3) is 2.78. The van der Waals surface area contributed by atoms with Gasteiger partial charge in [0.2, 0.25) is 5.91 Å². The van der Waals surface area contributed by atoms with E-state index >= 15 is 0 Å². The SMILES string of the molecule is CCCCOC(=O)C1[C@H]2C(=O)N(CCCOC)C[C@]23C=C[C@H]1O3. The van der Waals surface area contributed by atoms with Crippen molar-refractivity contribution in [2.75, 3.05) is 33.4 Å². The Labute approximate surface area is 136 Å². The summed E-state index contributed by atoms with van der Waals surface area (Å²) in [6, 6.07) is 0. The molecule has 1 amide bonds. The first kappa shape index (κ1) is 16.5. The van der Waals surface area contributed by atoms with Crippen molar-refractivity contribution in [1.82, 2.24) is 4.90 Å². The second kappa shape index (κ2) is 6.61. The van der Waals surface area contributed by atoms with Gasteiger partial charge >= 0.3 is 5.97 Å². The summed E-state index contributed by atoms with van der Waals surface area (Å²) >= 11 is 0. The molecule has 0 radical (unpaired) electrons. The molecule has 0 N–H and O–H groups in total. The topological polar surface area (TPSA) is 65.1 Å². The molecule has 0 aromatic heterocycles. The van der Waals surface area contributed by atoms with Crippen LogP contribution < -0.4 is 0 Å². The Morgan fingerprint density at radius 2 is 2.26 bits per heavy atom. The highest BCUT2D eigenvalue weighted by molar-refractivity contribution is 5.91. The number of rotatable bonds is 8. The fourth-order valence-electron chi connectivity index (χ4n) is 3.85. The lowest BCUT2D eigenvalue weighted by molar-refractivity contribution is -0.153. The molecule has 6 nitrogen and oxygen atoms in total. The molecule has 2 fully saturated rings. The molecule has 4 atom stereocenters. The molecule has 0 saturated carbocycles. The van der Waals surface area contributed by atoms with Gasteiger partial charge in [0.05, 0.1) is 25.2 Å². The van der Waals surface area contributed by atoms with Gasteiger partial charge in [-0.1, -0.05) is 25.5 Å². The lowest BCUT2D eigenvalue weighted by Crippen LogP contribution is -2.40. The van der Waals surface area contributed by atoms with Crippen molar-refractivity contribution >= 4 is 11.9 Å². The van der Waals surface area contributed by atoms with Crippen molar-refractivity contribution in [1.29, 1.82) is 0 Å². The molecule has 1 spiro atoms. The van der Waals surface area contributed by atoms with Crippen LogP contribution in [0.3, 0.4) is 0 Å². The molecular formula is C17H25NO5. The number of fused-ring (bicyclic) bond motifs is 1. The van der Waals surface area contributed by atoms with Crippen LogP contribution in [-0.2, 0) is 23.8 Å². The smallest absolute Gasteiger partial charge is 0.312 e. The Morgan fingerprint density at radius 3 is 3.00 bits per heavy atom. The zero-order valence-electron chi connectivity index (χ0n) is 13.8. The number of esters is 1. The van der Waals surface area contributed by atoms with Crippen LogP contribution in [0.5, 0.6) is 0 Å². The molecule has 23 heavy (non-hydrogen) atoms. The zero-order valence-corrected chi connectivity index (χ0v) is 13.8. The summed E-state index contributed by atoms with van der Waals surface area (Å²) in [6.45, 7) is 4.22. The van der Waals surface area contributed by atoms with E-state index in [-0.39, 0.29) is 18.0 Å². The average molecular weight is 323 g/mol. The molecule has 0 aliphatic carbocycles. The Kier molecular flexibility index (Phi) is 4.73. The quantitative estimate of drug-likeness (QED) is 0.381. The summed E-state index contributed by atoms with van der Waals surface area (Å²) in [5.74, 6) is -1.23. The molecule has 0 aromatic rings. The highest BCUT2D eigenvalue weighted by atomic mass is 16.6. The molecule has 0 aromatic carbocycles. The van der Waals surface area contributed by atoms with E-state index in [1.165, 1.54) is 0 Å². The average Bonchev–Trinajstić information content (AvgIpc) is 3.16. The fraction of sp³-hybridized carbons (Fsp3) is 0.765. The van der Waals surface area contributed by atoms with E-state index in [1.807, 2.05) is 19.1 Å². The van der Waals surface area contributed by atoms with Gasteiger partial charge in [-0.05, 0) is 12.8 Å². The van der Waals surface area contributed by atoms with Crippen LogP contribution in [0, 0.1) is 11.8 Å². The summed E-state index contributed by atoms with van der Waals surface area (Å²) in [4.78, 5) is 27.0. The molecule has 128 valence electrons. The van der Waals surface area contributed by atoms with Gasteiger partial charge in [-0.15, -0.1) is 0 Å². The number of hydrogen-bond donors (Lipinski definition) is 0. The van der Waals surface area contributed by atoms with Crippen LogP contribution in [0.15, 0.2) is 12.2 Å². The number of ether oxygens (including phenoxy) is 3. The minimum atomic E-state index is -0.636. The van der Waals surface area contributed by atoms with Crippen molar-refractivity contribution in [2.45, 2.75) is 37.9 Å². The summed E-state index contributed by atoms with van der Waals surface area (Å²) in [5, 5.41) is 0. The van der Waals surface area contributed by atoms with E-state index in [0.717, 1.165) is 19.3 Å².